The first-order chi connectivity index (χ1) is 9.49. The Morgan fingerprint density at radius 3 is 2.75 bits per heavy atom. The summed E-state index contributed by atoms with van der Waals surface area (Å²) >= 11 is 5.77. The summed E-state index contributed by atoms with van der Waals surface area (Å²) in [6, 6.07) is 6.33. The van der Waals surface area contributed by atoms with E-state index in [-0.39, 0.29) is 13.2 Å². The van der Waals surface area contributed by atoms with Crippen molar-refractivity contribution in [3.63, 3.8) is 0 Å². The highest BCUT2D eigenvalue weighted by molar-refractivity contribution is 7.51. The van der Waals surface area contributed by atoms with Gasteiger partial charge in [-0.3, -0.25) is 9.32 Å². The van der Waals surface area contributed by atoms with Crippen LogP contribution in [0.3, 0.4) is 0 Å². The third kappa shape index (κ3) is 3.96. The summed E-state index contributed by atoms with van der Waals surface area (Å²) in [7, 11) is -3.65. The summed E-state index contributed by atoms with van der Waals surface area (Å²) in [4.78, 5) is 10.9. The maximum Gasteiger partial charge on any atom is 0.461 e. The number of carbonyl (C=O) groups is 1. The number of hydrogen-bond acceptors (Lipinski definition) is 4. The molecule has 0 radical (unpaired) electrons. The van der Waals surface area contributed by atoms with Crippen LogP contribution in [0.25, 0.3) is 0 Å². The van der Waals surface area contributed by atoms with Crippen LogP contribution in [0.1, 0.15) is 12.8 Å². The minimum absolute atomic E-state index is 0.279. The molecular weight excluding hydrogens is 305 g/mol. The van der Waals surface area contributed by atoms with Gasteiger partial charge in [-0.1, -0.05) is 11.6 Å². The molecule has 0 spiro atoms. The highest BCUT2D eigenvalue weighted by atomic mass is 35.5. The zero-order chi connectivity index (χ0) is 14.6. The van der Waals surface area contributed by atoms with Crippen molar-refractivity contribution < 1.29 is 23.5 Å². The summed E-state index contributed by atoms with van der Waals surface area (Å²) in [6.07, 6.45) is 1.42. The van der Waals surface area contributed by atoms with Gasteiger partial charge in [0.1, 0.15) is 12.3 Å². The Kier molecular flexibility index (Phi) is 5.05. The van der Waals surface area contributed by atoms with Gasteiger partial charge in [0.05, 0.1) is 6.61 Å². The minimum atomic E-state index is -3.65. The first-order valence-electron chi connectivity index (χ1n) is 6.16. The van der Waals surface area contributed by atoms with Crippen molar-refractivity contribution in [2.24, 2.45) is 0 Å². The highest BCUT2D eigenvalue weighted by Gasteiger charge is 2.38. The largest absolute Gasteiger partial charge is 0.480 e. The standard InChI is InChI=1S/C12H15ClNO5P/c13-10-3-5-11(6-4-10)19-20(17)14(9-12(15)16)7-1-2-8-18-20/h3-6H,1-2,7-9H2,(H,15,16). The zero-order valence-corrected chi connectivity index (χ0v) is 12.3. The molecule has 1 aliphatic heterocycles. The molecule has 1 N–H and O–H groups in total. The Labute approximate surface area is 121 Å². The number of halogens is 1. The molecule has 2 rings (SSSR count). The molecule has 1 aromatic rings. The number of aliphatic carboxylic acids is 1. The summed E-state index contributed by atoms with van der Waals surface area (Å²) in [5.41, 5.74) is 0. The van der Waals surface area contributed by atoms with Crippen molar-refractivity contribution in [2.45, 2.75) is 12.8 Å². The van der Waals surface area contributed by atoms with Gasteiger partial charge in [-0.05, 0) is 37.1 Å². The van der Waals surface area contributed by atoms with E-state index in [0.717, 1.165) is 0 Å². The van der Waals surface area contributed by atoms with E-state index >= 15 is 0 Å². The number of benzene rings is 1. The second-order valence-corrected chi connectivity index (χ2v) is 6.72. The fourth-order valence-electron chi connectivity index (χ4n) is 1.81. The molecule has 20 heavy (non-hydrogen) atoms. The van der Waals surface area contributed by atoms with Crippen molar-refractivity contribution in [1.82, 2.24) is 4.67 Å². The van der Waals surface area contributed by atoms with Crippen LogP contribution in [0.4, 0.5) is 0 Å². The molecular formula is C12H15ClNO5P. The molecule has 0 bridgehead atoms. The molecule has 1 aliphatic rings. The summed E-state index contributed by atoms with van der Waals surface area (Å²) < 4.78 is 24.7. The van der Waals surface area contributed by atoms with Gasteiger partial charge >= 0.3 is 13.7 Å². The molecule has 8 heteroatoms. The van der Waals surface area contributed by atoms with Gasteiger partial charge in [-0.15, -0.1) is 0 Å². The van der Waals surface area contributed by atoms with E-state index in [1.54, 1.807) is 24.3 Å². The van der Waals surface area contributed by atoms with Gasteiger partial charge in [-0.2, -0.15) is 4.67 Å². The molecule has 1 unspecified atom stereocenters. The lowest BCUT2D eigenvalue weighted by Crippen LogP contribution is -2.29. The number of rotatable bonds is 4. The van der Waals surface area contributed by atoms with E-state index in [1.807, 2.05) is 0 Å². The summed E-state index contributed by atoms with van der Waals surface area (Å²) in [5.74, 6) is -0.745. The first kappa shape index (κ1) is 15.3. The lowest BCUT2D eigenvalue weighted by atomic mass is 10.3. The molecule has 0 amide bonds. The Morgan fingerprint density at radius 1 is 1.40 bits per heavy atom. The third-order valence-corrected chi connectivity index (χ3v) is 5.00. The normalized spacial score (nSPS) is 24.1. The molecule has 1 saturated heterocycles. The Morgan fingerprint density at radius 2 is 2.10 bits per heavy atom. The van der Waals surface area contributed by atoms with Crippen LogP contribution in [0.15, 0.2) is 24.3 Å². The maximum absolute atomic E-state index is 12.8. The average molecular weight is 320 g/mol. The van der Waals surface area contributed by atoms with E-state index in [4.69, 9.17) is 25.8 Å². The minimum Gasteiger partial charge on any atom is -0.480 e. The molecule has 6 nitrogen and oxygen atoms in total. The monoisotopic (exact) mass is 319 g/mol. The second kappa shape index (κ2) is 6.59. The van der Waals surface area contributed by atoms with Crippen molar-refractivity contribution in [1.29, 1.82) is 0 Å². The number of hydrogen-bond donors (Lipinski definition) is 1. The molecule has 1 aromatic carbocycles. The Balaban J connectivity index is 2.19. The van der Waals surface area contributed by atoms with Crippen LogP contribution in [-0.2, 0) is 13.9 Å². The lowest BCUT2D eigenvalue weighted by Gasteiger charge is -2.26. The van der Waals surface area contributed by atoms with Crippen LogP contribution < -0.4 is 4.52 Å². The Bertz CT molecular complexity index is 521. The van der Waals surface area contributed by atoms with Crippen molar-refractivity contribution in [2.75, 3.05) is 19.7 Å². The fraction of sp³-hybridized carbons (Fsp3) is 0.417. The highest BCUT2D eigenvalue weighted by Crippen LogP contribution is 2.53. The van der Waals surface area contributed by atoms with Crippen LogP contribution in [0.2, 0.25) is 5.02 Å². The zero-order valence-electron chi connectivity index (χ0n) is 10.7. The van der Waals surface area contributed by atoms with Gasteiger partial charge in [0.15, 0.2) is 0 Å². The SMILES string of the molecule is O=C(O)CN1CCCCOP1(=O)Oc1ccc(Cl)cc1. The van der Waals surface area contributed by atoms with E-state index in [0.29, 0.717) is 30.2 Å². The van der Waals surface area contributed by atoms with Crippen molar-refractivity contribution >= 4 is 25.3 Å². The molecule has 1 fully saturated rings. The quantitative estimate of drug-likeness (QED) is 0.860. The van der Waals surface area contributed by atoms with E-state index in [9.17, 15) is 9.36 Å². The third-order valence-electron chi connectivity index (χ3n) is 2.76. The predicted octanol–water partition coefficient (Wildman–Crippen LogP) is 3.02. The van der Waals surface area contributed by atoms with E-state index in [2.05, 4.69) is 0 Å². The molecule has 110 valence electrons. The molecule has 1 heterocycles. The topological polar surface area (TPSA) is 76.1 Å². The molecule has 0 aliphatic carbocycles. The van der Waals surface area contributed by atoms with Gasteiger partial charge in [0.2, 0.25) is 0 Å². The number of carboxylic acids is 1. The maximum atomic E-state index is 12.8. The van der Waals surface area contributed by atoms with Crippen LogP contribution in [0.5, 0.6) is 5.75 Å². The van der Waals surface area contributed by atoms with Crippen LogP contribution in [-0.4, -0.2) is 35.4 Å². The molecule has 0 saturated carbocycles. The Hall–Kier alpha value is -1.07. The summed E-state index contributed by atoms with van der Waals surface area (Å²) in [5, 5.41) is 9.43. The van der Waals surface area contributed by atoms with Crippen molar-refractivity contribution in [3.8, 4) is 5.75 Å². The van der Waals surface area contributed by atoms with Gasteiger partial charge in [0, 0.05) is 11.6 Å². The first-order valence-corrected chi connectivity index (χ1v) is 8.04. The smallest absolute Gasteiger partial charge is 0.461 e. The lowest BCUT2D eigenvalue weighted by molar-refractivity contribution is -0.137. The predicted molar refractivity (Wildman–Crippen MR) is 74.1 cm³/mol. The van der Waals surface area contributed by atoms with E-state index < -0.39 is 13.7 Å². The van der Waals surface area contributed by atoms with Crippen molar-refractivity contribution in [3.05, 3.63) is 29.3 Å². The number of carboxylic acid groups (broad SMARTS) is 1. The number of nitrogens with zero attached hydrogens (tertiary/aromatic N) is 1. The molecule has 0 aromatic heterocycles. The fourth-order valence-corrected chi connectivity index (χ4v) is 3.70. The average Bonchev–Trinajstić information content (AvgIpc) is 2.55. The second-order valence-electron chi connectivity index (χ2n) is 4.34. The van der Waals surface area contributed by atoms with Crippen LogP contribution >= 0.6 is 19.3 Å². The van der Waals surface area contributed by atoms with E-state index in [1.165, 1.54) is 4.67 Å². The molecule has 1 atom stereocenters. The van der Waals surface area contributed by atoms with Gasteiger partial charge in [0.25, 0.3) is 0 Å². The summed E-state index contributed by atoms with van der Waals surface area (Å²) in [6.45, 7) is 0.253. The van der Waals surface area contributed by atoms with Gasteiger partial charge < -0.3 is 9.63 Å². The van der Waals surface area contributed by atoms with Crippen LogP contribution in [0, 0.1) is 0 Å². The van der Waals surface area contributed by atoms with Gasteiger partial charge in [-0.25, -0.2) is 4.57 Å².